The highest BCUT2D eigenvalue weighted by Gasteiger charge is 2.23. The lowest BCUT2D eigenvalue weighted by molar-refractivity contribution is 0.0554. The molecule has 25 heavy (non-hydrogen) atoms. The summed E-state index contributed by atoms with van der Waals surface area (Å²) in [4.78, 5) is 0.185. The van der Waals surface area contributed by atoms with Crippen LogP contribution in [0.4, 0.5) is 0 Å². The fourth-order valence-electron chi connectivity index (χ4n) is 3.10. The number of aliphatic hydroxyl groups is 1. The van der Waals surface area contributed by atoms with Gasteiger partial charge in [-0.3, -0.25) is 0 Å². The molecule has 1 aromatic rings. The first-order chi connectivity index (χ1) is 11.9. The molecule has 1 aliphatic carbocycles. The fourth-order valence-corrected chi connectivity index (χ4v) is 4.30. The zero-order chi connectivity index (χ0) is 18.3. The largest absolute Gasteiger partial charge is 0.493 e. The Morgan fingerprint density at radius 2 is 1.84 bits per heavy atom. The number of sulfonamides is 1. The summed E-state index contributed by atoms with van der Waals surface area (Å²) < 4.78 is 36.8. The standard InChI is InChI=1S/C18H29NO5S/c1-19(12-16(20)14-23-2)25(21,22)18-10-8-17(9-11-18)24-13-15-6-4-3-5-7-15/h8-11,15-16,20H,3-7,12-14H2,1-2H3. The number of ether oxygens (including phenoxy) is 2. The second-order valence-corrected chi connectivity index (χ2v) is 8.73. The predicted molar refractivity (Wildman–Crippen MR) is 96.2 cm³/mol. The Hall–Kier alpha value is -1.15. The second kappa shape index (κ2) is 9.52. The summed E-state index contributed by atoms with van der Waals surface area (Å²) in [6.07, 6.45) is 5.42. The molecule has 0 heterocycles. The summed E-state index contributed by atoms with van der Waals surface area (Å²) in [5.74, 6) is 1.29. The lowest BCUT2D eigenvalue weighted by Crippen LogP contribution is -2.36. The first-order valence-electron chi connectivity index (χ1n) is 8.79. The minimum absolute atomic E-state index is 0.0178. The van der Waals surface area contributed by atoms with Crippen LogP contribution in [0.3, 0.4) is 0 Å². The maximum atomic E-state index is 12.5. The van der Waals surface area contributed by atoms with Gasteiger partial charge >= 0.3 is 0 Å². The van der Waals surface area contributed by atoms with Gasteiger partial charge in [0.1, 0.15) is 5.75 Å². The molecule has 7 heteroatoms. The van der Waals surface area contributed by atoms with Crippen LogP contribution in [0.15, 0.2) is 29.2 Å². The first-order valence-corrected chi connectivity index (χ1v) is 10.2. The lowest BCUT2D eigenvalue weighted by atomic mass is 9.90. The fraction of sp³-hybridized carbons (Fsp3) is 0.667. The van der Waals surface area contributed by atoms with Gasteiger partial charge in [-0.25, -0.2) is 8.42 Å². The molecule has 1 N–H and O–H groups in total. The molecule has 0 amide bonds. The maximum Gasteiger partial charge on any atom is 0.242 e. The van der Waals surface area contributed by atoms with Crippen molar-refractivity contribution in [2.45, 2.75) is 43.1 Å². The van der Waals surface area contributed by atoms with Crippen molar-refractivity contribution in [1.29, 1.82) is 0 Å². The molecule has 0 bridgehead atoms. The smallest absolute Gasteiger partial charge is 0.242 e. The number of methoxy groups -OCH3 is 1. The van der Waals surface area contributed by atoms with Crippen LogP contribution in [0.25, 0.3) is 0 Å². The topological polar surface area (TPSA) is 76.1 Å². The van der Waals surface area contributed by atoms with E-state index in [1.165, 1.54) is 46.3 Å². The van der Waals surface area contributed by atoms with Crippen LogP contribution in [0.2, 0.25) is 0 Å². The Morgan fingerprint density at radius 1 is 1.20 bits per heavy atom. The minimum Gasteiger partial charge on any atom is -0.493 e. The third-order valence-electron chi connectivity index (χ3n) is 4.57. The van der Waals surface area contributed by atoms with Crippen molar-refractivity contribution < 1.29 is 23.0 Å². The molecule has 1 atom stereocenters. The summed E-state index contributed by atoms with van der Waals surface area (Å²) in [5, 5.41) is 9.72. The number of nitrogens with zero attached hydrogens (tertiary/aromatic N) is 1. The molecule has 0 aromatic heterocycles. The van der Waals surface area contributed by atoms with Gasteiger partial charge in [0.15, 0.2) is 0 Å². The van der Waals surface area contributed by atoms with Gasteiger partial charge in [0.2, 0.25) is 10.0 Å². The Labute approximate surface area is 150 Å². The monoisotopic (exact) mass is 371 g/mol. The van der Waals surface area contributed by atoms with E-state index in [1.807, 2.05) is 0 Å². The van der Waals surface area contributed by atoms with Crippen LogP contribution in [0.5, 0.6) is 5.75 Å². The molecule has 1 unspecified atom stereocenters. The van der Waals surface area contributed by atoms with E-state index in [4.69, 9.17) is 9.47 Å². The second-order valence-electron chi connectivity index (χ2n) is 6.68. The van der Waals surface area contributed by atoms with E-state index in [1.54, 1.807) is 24.3 Å². The van der Waals surface area contributed by atoms with Crippen molar-refractivity contribution in [2.24, 2.45) is 5.92 Å². The van der Waals surface area contributed by atoms with E-state index < -0.39 is 16.1 Å². The van der Waals surface area contributed by atoms with E-state index in [0.29, 0.717) is 18.3 Å². The number of benzene rings is 1. The average Bonchev–Trinajstić information content (AvgIpc) is 2.61. The maximum absolute atomic E-state index is 12.5. The highest BCUT2D eigenvalue weighted by Crippen LogP contribution is 2.25. The van der Waals surface area contributed by atoms with Gasteiger partial charge in [0.25, 0.3) is 0 Å². The third kappa shape index (κ3) is 5.95. The van der Waals surface area contributed by atoms with Gasteiger partial charge in [0.05, 0.1) is 24.2 Å². The average molecular weight is 371 g/mol. The summed E-state index contributed by atoms with van der Waals surface area (Å²) in [6.45, 7) is 0.763. The Kier molecular flexibility index (Phi) is 7.68. The van der Waals surface area contributed by atoms with Gasteiger partial charge in [-0.05, 0) is 43.0 Å². The lowest BCUT2D eigenvalue weighted by Gasteiger charge is -2.22. The van der Waals surface area contributed by atoms with Crippen LogP contribution in [-0.2, 0) is 14.8 Å². The van der Waals surface area contributed by atoms with E-state index in [-0.39, 0.29) is 18.0 Å². The summed E-state index contributed by atoms with van der Waals surface area (Å²) in [7, 11) is -0.734. The van der Waals surface area contributed by atoms with Crippen molar-refractivity contribution >= 4 is 10.0 Å². The Bertz CT molecular complexity index is 611. The van der Waals surface area contributed by atoms with Crippen molar-refractivity contribution in [3.63, 3.8) is 0 Å². The molecule has 6 nitrogen and oxygen atoms in total. The highest BCUT2D eigenvalue weighted by atomic mass is 32.2. The number of rotatable bonds is 9. The van der Waals surface area contributed by atoms with Gasteiger partial charge in [-0.15, -0.1) is 0 Å². The van der Waals surface area contributed by atoms with Crippen molar-refractivity contribution in [2.75, 3.05) is 33.9 Å². The number of hydrogen-bond donors (Lipinski definition) is 1. The van der Waals surface area contributed by atoms with Gasteiger partial charge in [0, 0.05) is 20.7 Å². The third-order valence-corrected chi connectivity index (χ3v) is 6.41. The predicted octanol–water partition coefficient (Wildman–Crippen LogP) is 2.27. The minimum atomic E-state index is -3.64. The van der Waals surface area contributed by atoms with Gasteiger partial charge in [-0.2, -0.15) is 4.31 Å². The van der Waals surface area contributed by atoms with E-state index in [2.05, 4.69) is 0 Å². The zero-order valence-corrected chi connectivity index (χ0v) is 15.9. The van der Waals surface area contributed by atoms with E-state index >= 15 is 0 Å². The first kappa shape index (κ1) is 20.2. The molecule has 142 valence electrons. The number of hydrogen-bond acceptors (Lipinski definition) is 5. The molecule has 1 aliphatic rings. The van der Waals surface area contributed by atoms with E-state index in [0.717, 1.165) is 4.31 Å². The molecule has 1 aromatic carbocycles. The number of aliphatic hydroxyl groups excluding tert-OH is 1. The molecular formula is C18H29NO5S. The number of likely N-dealkylation sites (N-methyl/N-ethyl adjacent to an activating group) is 1. The molecule has 0 spiro atoms. The van der Waals surface area contributed by atoms with E-state index in [9.17, 15) is 13.5 Å². The Balaban J connectivity index is 1.92. The molecular weight excluding hydrogens is 342 g/mol. The van der Waals surface area contributed by atoms with Gasteiger partial charge < -0.3 is 14.6 Å². The van der Waals surface area contributed by atoms with Crippen LogP contribution in [-0.4, -0.2) is 57.8 Å². The van der Waals surface area contributed by atoms with Crippen molar-refractivity contribution in [3.8, 4) is 5.75 Å². The molecule has 1 fully saturated rings. The van der Waals surface area contributed by atoms with Gasteiger partial charge in [-0.1, -0.05) is 19.3 Å². The summed E-state index contributed by atoms with van der Waals surface area (Å²) in [6, 6.07) is 6.47. The Morgan fingerprint density at radius 3 is 2.44 bits per heavy atom. The molecule has 1 saturated carbocycles. The summed E-state index contributed by atoms with van der Waals surface area (Å²) in [5.41, 5.74) is 0. The van der Waals surface area contributed by atoms with Crippen molar-refractivity contribution in [3.05, 3.63) is 24.3 Å². The quantitative estimate of drug-likeness (QED) is 0.721. The molecule has 0 aliphatic heterocycles. The van der Waals surface area contributed by atoms with Crippen LogP contribution >= 0.6 is 0 Å². The molecule has 0 saturated heterocycles. The van der Waals surface area contributed by atoms with Crippen LogP contribution < -0.4 is 4.74 Å². The molecule has 0 radical (unpaired) electrons. The highest BCUT2D eigenvalue weighted by molar-refractivity contribution is 7.89. The molecule has 2 rings (SSSR count). The normalized spacial score (nSPS) is 17.6. The zero-order valence-electron chi connectivity index (χ0n) is 15.1. The SMILES string of the molecule is COCC(O)CN(C)S(=O)(=O)c1ccc(OCC2CCCCC2)cc1. The van der Waals surface area contributed by atoms with Crippen LogP contribution in [0, 0.1) is 5.92 Å². The van der Waals surface area contributed by atoms with Crippen LogP contribution in [0.1, 0.15) is 32.1 Å². The van der Waals surface area contributed by atoms with Crippen molar-refractivity contribution in [1.82, 2.24) is 4.31 Å². The summed E-state index contributed by atoms with van der Waals surface area (Å²) >= 11 is 0.